The third-order valence-corrected chi connectivity index (χ3v) is 3.10. The molecule has 0 heterocycles. The Bertz CT molecular complexity index is 529. The highest BCUT2D eigenvalue weighted by molar-refractivity contribution is 5.78. The molecule has 1 aromatic carbocycles. The zero-order chi connectivity index (χ0) is 15.2. The number of nitrogens with one attached hydrogen (secondary N) is 2. The summed E-state index contributed by atoms with van der Waals surface area (Å²) in [4.78, 5) is 22.1. The highest BCUT2D eigenvalue weighted by atomic mass is 16.6. The van der Waals surface area contributed by atoms with E-state index in [9.17, 15) is 14.9 Å². The first-order valence-corrected chi connectivity index (χ1v) is 7.00. The molecule has 0 spiro atoms. The molecule has 0 aromatic heterocycles. The van der Waals surface area contributed by atoms with Crippen molar-refractivity contribution in [3.63, 3.8) is 0 Å². The van der Waals surface area contributed by atoms with Gasteiger partial charge in [0.1, 0.15) is 0 Å². The average Bonchev–Trinajstić information content (AvgIpc) is 3.27. The number of hydrogen-bond donors (Lipinski definition) is 2. The maximum absolute atomic E-state index is 11.5. The first kappa shape index (κ1) is 15.2. The standard InChI is InChI=1S/C14H19N3O4/c1-2-15-8-10-3-6-13(12(7-10)17(19)20)21-9-14(18)16-11-4-5-11/h3,6-7,11,15H,2,4-5,8-9H2,1H3,(H,16,18). The molecule has 0 aliphatic heterocycles. The van der Waals surface area contributed by atoms with E-state index in [-0.39, 0.29) is 30.0 Å². The summed E-state index contributed by atoms with van der Waals surface area (Å²) in [6, 6.07) is 5.01. The van der Waals surface area contributed by atoms with Gasteiger partial charge in [0.2, 0.25) is 0 Å². The molecule has 2 rings (SSSR count). The molecule has 0 bridgehead atoms. The molecule has 0 atom stereocenters. The maximum Gasteiger partial charge on any atom is 0.311 e. The highest BCUT2D eigenvalue weighted by Crippen LogP contribution is 2.28. The van der Waals surface area contributed by atoms with E-state index in [2.05, 4.69) is 10.6 Å². The van der Waals surface area contributed by atoms with Crippen molar-refractivity contribution >= 4 is 11.6 Å². The number of nitro groups is 1. The Labute approximate surface area is 122 Å². The normalized spacial score (nSPS) is 13.8. The van der Waals surface area contributed by atoms with Crippen LogP contribution in [-0.2, 0) is 11.3 Å². The van der Waals surface area contributed by atoms with E-state index in [1.54, 1.807) is 6.07 Å². The van der Waals surface area contributed by atoms with Crippen molar-refractivity contribution in [1.82, 2.24) is 10.6 Å². The predicted molar refractivity (Wildman–Crippen MR) is 77.1 cm³/mol. The van der Waals surface area contributed by atoms with E-state index in [4.69, 9.17) is 4.74 Å². The minimum Gasteiger partial charge on any atom is -0.477 e. The second-order valence-electron chi connectivity index (χ2n) is 4.97. The molecule has 114 valence electrons. The number of hydrogen-bond acceptors (Lipinski definition) is 5. The van der Waals surface area contributed by atoms with Gasteiger partial charge in [-0.25, -0.2) is 0 Å². The van der Waals surface area contributed by atoms with Crippen LogP contribution in [0.3, 0.4) is 0 Å². The molecule has 0 unspecified atom stereocenters. The van der Waals surface area contributed by atoms with E-state index >= 15 is 0 Å². The fraction of sp³-hybridized carbons (Fsp3) is 0.500. The third kappa shape index (κ3) is 4.71. The van der Waals surface area contributed by atoms with Gasteiger partial charge in [-0.15, -0.1) is 0 Å². The zero-order valence-electron chi connectivity index (χ0n) is 11.9. The summed E-state index contributed by atoms with van der Waals surface area (Å²) >= 11 is 0. The summed E-state index contributed by atoms with van der Waals surface area (Å²) in [7, 11) is 0. The molecule has 0 saturated heterocycles. The molecular weight excluding hydrogens is 274 g/mol. The summed E-state index contributed by atoms with van der Waals surface area (Å²) in [6.07, 6.45) is 1.98. The van der Waals surface area contributed by atoms with Gasteiger partial charge in [-0.2, -0.15) is 0 Å². The van der Waals surface area contributed by atoms with Crippen molar-refractivity contribution in [3.05, 3.63) is 33.9 Å². The fourth-order valence-corrected chi connectivity index (χ4v) is 1.85. The van der Waals surface area contributed by atoms with Crippen molar-refractivity contribution in [1.29, 1.82) is 0 Å². The van der Waals surface area contributed by atoms with Crippen molar-refractivity contribution in [2.24, 2.45) is 0 Å². The highest BCUT2D eigenvalue weighted by Gasteiger charge is 2.24. The van der Waals surface area contributed by atoms with Gasteiger partial charge in [0.05, 0.1) is 4.92 Å². The Balaban J connectivity index is 1.99. The third-order valence-electron chi connectivity index (χ3n) is 3.10. The van der Waals surface area contributed by atoms with Crippen LogP contribution in [0.4, 0.5) is 5.69 Å². The monoisotopic (exact) mass is 293 g/mol. The largest absolute Gasteiger partial charge is 0.477 e. The van der Waals surface area contributed by atoms with Crippen LogP contribution in [0.15, 0.2) is 18.2 Å². The van der Waals surface area contributed by atoms with Gasteiger partial charge in [-0.3, -0.25) is 14.9 Å². The molecule has 1 saturated carbocycles. The van der Waals surface area contributed by atoms with Crippen LogP contribution in [0.1, 0.15) is 25.3 Å². The lowest BCUT2D eigenvalue weighted by Gasteiger charge is -2.09. The number of carbonyl (C=O) groups is 1. The number of ether oxygens (including phenoxy) is 1. The summed E-state index contributed by atoms with van der Waals surface area (Å²) in [5, 5.41) is 17.0. The number of benzene rings is 1. The molecule has 7 nitrogen and oxygen atoms in total. The Morgan fingerprint density at radius 2 is 2.24 bits per heavy atom. The van der Waals surface area contributed by atoms with Crippen LogP contribution >= 0.6 is 0 Å². The number of amides is 1. The molecule has 7 heteroatoms. The van der Waals surface area contributed by atoms with E-state index < -0.39 is 4.92 Å². The average molecular weight is 293 g/mol. The van der Waals surface area contributed by atoms with Gasteiger partial charge < -0.3 is 15.4 Å². The lowest BCUT2D eigenvalue weighted by Crippen LogP contribution is -2.30. The minimum absolute atomic E-state index is 0.117. The van der Waals surface area contributed by atoms with Crippen molar-refractivity contribution in [2.75, 3.05) is 13.2 Å². The van der Waals surface area contributed by atoms with Gasteiger partial charge in [0.15, 0.2) is 12.4 Å². The minimum atomic E-state index is -0.496. The van der Waals surface area contributed by atoms with Crippen LogP contribution in [0.2, 0.25) is 0 Å². The molecule has 1 amide bonds. The van der Waals surface area contributed by atoms with E-state index in [0.29, 0.717) is 6.54 Å². The molecule has 1 aromatic rings. The van der Waals surface area contributed by atoms with Gasteiger partial charge >= 0.3 is 5.69 Å². The fourth-order valence-electron chi connectivity index (χ4n) is 1.85. The summed E-state index contributed by atoms with van der Waals surface area (Å²) < 4.78 is 5.27. The Kier molecular flexibility index (Phi) is 5.10. The van der Waals surface area contributed by atoms with Gasteiger partial charge in [-0.1, -0.05) is 13.0 Å². The number of nitrogens with zero attached hydrogens (tertiary/aromatic N) is 1. The molecule has 1 aliphatic rings. The predicted octanol–water partition coefficient (Wildman–Crippen LogP) is 1.36. The van der Waals surface area contributed by atoms with Crippen LogP contribution < -0.4 is 15.4 Å². The van der Waals surface area contributed by atoms with Gasteiger partial charge in [-0.05, 0) is 31.0 Å². The molecule has 21 heavy (non-hydrogen) atoms. The van der Waals surface area contributed by atoms with E-state index in [0.717, 1.165) is 24.9 Å². The topological polar surface area (TPSA) is 93.5 Å². The van der Waals surface area contributed by atoms with Crippen molar-refractivity contribution in [3.8, 4) is 5.75 Å². The maximum atomic E-state index is 11.5. The lowest BCUT2D eigenvalue weighted by atomic mass is 10.2. The SMILES string of the molecule is CCNCc1ccc(OCC(=O)NC2CC2)c([N+](=O)[O-])c1. The number of carbonyl (C=O) groups excluding carboxylic acids is 1. The van der Waals surface area contributed by atoms with Gasteiger partial charge in [0.25, 0.3) is 5.91 Å². The molecule has 1 aliphatic carbocycles. The van der Waals surface area contributed by atoms with Crippen LogP contribution in [0, 0.1) is 10.1 Å². The zero-order valence-corrected chi connectivity index (χ0v) is 11.9. The smallest absolute Gasteiger partial charge is 0.311 e. The number of rotatable bonds is 8. The molecule has 2 N–H and O–H groups in total. The molecule has 0 radical (unpaired) electrons. The van der Waals surface area contributed by atoms with Gasteiger partial charge in [0, 0.05) is 18.7 Å². The first-order chi connectivity index (χ1) is 10.1. The van der Waals surface area contributed by atoms with E-state index in [1.165, 1.54) is 12.1 Å². The summed E-state index contributed by atoms with van der Waals surface area (Å²) in [5.41, 5.74) is 0.683. The quantitative estimate of drug-likeness (QED) is 0.557. The first-order valence-electron chi connectivity index (χ1n) is 7.00. The summed E-state index contributed by atoms with van der Waals surface area (Å²) in [5.74, 6) is -0.130. The van der Waals surface area contributed by atoms with Crippen molar-refractivity contribution in [2.45, 2.75) is 32.4 Å². The number of nitro benzene ring substituents is 1. The second kappa shape index (κ2) is 7.03. The molecule has 1 fully saturated rings. The van der Waals surface area contributed by atoms with Crippen LogP contribution in [-0.4, -0.2) is 30.0 Å². The van der Waals surface area contributed by atoms with Crippen molar-refractivity contribution < 1.29 is 14.5 Å². The second-order valence-corrected chi connectivity index (χ2v) is 4.97. The van der Waals surface area contributed by atoms with Crippen LogP contribution in [0.5, 0.6) is 5.75 Å². The molecular formula is C14H19N3O4. The van der Waals surface area contributed by atoms with Crippen LogP contribution in [0.25, 0.3) is 0 Å². The lowest BCUT2D eigenvalue weighted by molar-refractivity contribution is -0.385. The van der Waals surface area contributed by atoms with E-state index in [1.807, 2.05) is 6.92 Å². The summed E-state index contributed by atoms with van der Waals surface area (Å²) in [6.45, 7) is 3.10. The Hall–Kier alpha value is -2.15. The Morgan fingerprint density at radius 3 is 2.86 bits per heavy atom. The Morgan fingerprint density at radius 1 is 1.48 bits per heavy atom.